The van der Waals surface area contributed by atoms with Crippen LogP contribution in [0.3, 0.4) is 0 Å². The molecule has 0 aliphatic heterocycles. The van der Waals surface area contributed by atoms with Crippen molar-refractivity contribution in [3.05, 3.63) is 39.5 Å². The van der Waals surface area contributed by atoms with Gasteiger partial charge in [-0.05, 0) is 16.0 Å². The molecule has 1 N–H and O–H groups in total. The van der Waals surface area contributed by atoms with Gasteiger partial charge in [-0.25, -0.2) is 13.4 Å². The summed E-state index contributed by atoms with van der Waals surface area (Å²) in [7, 11) is -3.97. The number of aromatic nitrogens is 2. The van der Waals surface area contributed by atoms with E-state index in [9.17, 15) is 23.3 Å². The summed E-state index contributed by atoms with van der Waals surface area (Å²) in [5.74, 6) is -0.740. The molecule has 110 valence electrons. The number of carbonyl (C=O) groups is 1. The lowest BCUT2D eigenvalue weighted by Crippen LogP contribution is -2.13. The van der Waals surface area contributed by atoms with Gasteiger partial charge in [-0.1, -0.05) is 0 Å². The zero-order valence-corrected chi connectivity index (χ0v) is 12.1. The van der Waals surface area contributed by atoms with E-state index in [4.69, 9.17) is 0 Å². The Bertz CT molecular complexity index is 797. The van der Waals surface area contributed by atoms with E-state index in [0.717, 1.165) is 29.7 Å². The first-order valence-electron chi connectivity index (χ1n) is 5.39. The Hall–Kier alpha value is -2.40. The molecular formula is C10H8N4O5S2. The normalized spacial score (nSPS) is 11.1. The fraction of sp³-hybridized carbons (Fsp3) is 0.100. The van der Waals surface area contributed by atoms with Crippen LogP contribution in [0.5, 0.6) is 0 Å². The van der Waals surface area contributed by atoms with Crippen LogP contribution in [0.4, 0.5) is 10.9 Å². The zero-order chi connectivity index (χ0) is 15.6. The minimum Gasteiger partial charge on any atom is -0.358 e. The molecule has 2 heterocycles. The Morgan fingerprint density at radius 1 is 1.43 bits per heavy atom. The summed E-state index contributed by atoms with van der Waals surface area (Å²) in [5, 5.41) is 11.9. The van der Waals surface area contributed by atoms with E-state index in [1.807, 2.05) is 0 Å². The maximum absolute atomic E-state index is 12.0. The van der Waals surface area contributed by atoms with E-state index < -0.39 is 20.8 Å². The molecule has 0 radical (unpaired) electrons. The highest BCUT2D eigenvalue weighted by atomic mass is 32.2. The van der Waals surface area contributed by atoms with Crippen molar-refractivity contribution in [2.24, 2.45) is 0 Å². The summed E-state index contributed by atoms with van der Waals surface area (Å²) < 4.78 is 26.2. The van der Waals surface area contributed by atoms with Crippen LogP contribution in [0.2, 0.25) is 0 Å². The molecule has 2 aromatic heterocycles. The number of hydrogen-bond acceptors (Lipinski definition) is 8. The minimum absolute atomic E-state index is 0.0264. The number of Topliss-reactive ketones (excluding diaryl/α,β-unsaturated/α-hetero) is 1. The fourth-order valence-corrected chi connectivity index (χ4v) is 3.24. The van der Waals surface area contributed by atoms with Gasteiger partial charge in [-0.2, -0.15) is 0 Å². The fourth-order valence-electron chi connectivity index (χ4n) is 1.30. The van der Waals surface area contributed by atoms with Gasteiger partial charge >= 0.3 is 5.82 Å². The van der Waals surface area contributed by atoms with Gasteiger partial charge in [0.2, 0.25) is 0 Å². The Morgan fingerprint density at radius 2 is 2.14 bits per heavy atom. The Labute approximate surface area is 122 Å². The summed E-state index contributed by atoms with van der Waals surface area (Å²) >= 11 is 0.957. The van der Waals surface area contributed by atoms with E-state index >= 15 is 0 Å². The molecule has 0 saturated carbocycles. The first kappa shape index (κ1) is 15.0. The molecule has 2 aromatic rings. The maximum atomic E-state index is 12.0. The third-order valence-corrected chi connectivity index (χ3v) is 4.52. The van der Waals surface area contributed by atoms with E-state index in [1.165, 1.54) is 12.3 Å². The smallest absolute Gasteiger partial charge is 0.358 e. The third kappa shape index (κ3) is 3.38. The maximum Gasteiger partial charge on any atom is 0.363 e. The number of rotatable bonds is 5. The topological polar surface area (TPSA) is 132 Å². The predicted molar refractivity (Wildman–Crippen MR) is 73.8 cm³/mol. The molecule has 0 aromatic carbocycles. The van der Waals surface area contributed by atoms with Crippen LogP contribution < -0.4 is 4.72 Å². The number of nitrogens with one attached hydrogen (secondary N) is 1. The van der Waals surface area contributed by atoms with E-state index in [2.05, 4.69) is 14.7 Å². The molecule has 0 atom stereocenters. The van der Waals surface area contributed by atoms with Crippen molar-refractivity contribution in [2.45, 2.75) is 11.8 Å². The first-order valence-corrected chi connectivity index (χ1v) is 7.75. The van der Waals surface area contributed by atoms with Crippen LogP contribution in [-0.4, -0.2) is 29.1 Å². The minimum atomic E-state index is -3.97. The molecule has 0 spiro atoms. The second kappa shape index (κ2) is 5.54. The standard InChI is InChI=1S/C10H8N4O5S2/c1-6(15)8-5-20-10(12-8)13-21(18,19)7-2-3-9(11-4-7)14(16)17/h2-5H,1H3,(H,12,13). The number of ketones is 1. The van der Waals surface area contributed by atoms with Crippen LogP contribution in [0.1, 0.15) is 17.4 Å². The zero-order valence-electron chi connectivity index (χ0n) is 10.5. The lowest BCUT2D eigenvalue weighted by molar-refractivity contribution is -0.389. The van der Waals surface area contributed by atoms with E-state index in [1.54, 1.807) is 0 Å². The van der Waals surface area contributed by atoms with Crippen LogP contribution in [0.15, 0.2) is 28.6 Å². The van der Waals surface area contributed by atoms with Gasteiger partial charge in [-0.15, -0.1) is 11.3 Å². The molecule has 9 nitrogen and oxygen atoms in total. The highest BCUT2D eigenvalue weighted by molar-refractivity contribution is 7.93. The Morgan fingerprint density at radius 3 is 2.62 bits per heavy atom. The summed E-state index contributed by atoms with van der Waals surface area (Å²) in [5.41, 5.74) is 0.152. The second-order valence-corrected chi connectivity index (χ2v) is 6.35. The summed E-state index contributed by atoms with van der Waals surface area (Å²) in [4.78, 5) is 27.8. The molecular weight excluding hydrogens is 320 g/mol. The quantitative estimate of drug-likeness (QED) is 0.499. The number of hydrogen-bond donors (Lipinski definition) is 1. The van der Waals surface area contributed by atoms with Gasteiger partial charge in [0.15, 0.2) is 17.1 Å². The number of anilines is 1. The van der Waals surface area contributed by atoms with Crippen molar-refractivity contribution in [3.63, 3.8) is 0 Å². The average Bonchev–Trinajstić information content (AvgIpc) is 2.87. The average molecular weight is 328 g/mol. The van der Waals surface area contributed by atoms with Gasteiger partial charge in [0, 0.05) is 18.4 Å². The largest absolute Gasteiger partial charge is 0.363 e. The SMILES string of the molecule is CC(=O)c1csc(NS(=O)(=O)c2ccc([N+](=O)[O-])nc2)n1. The lowest BCUT2D eigenvalue weighted by atomic mass is 10.4. The van der Waals surface area contributed by atoms with Crippen molar-refractivity contribution in [2.75, 3.05) is 4.72 Å². The second-order valence-electron chi connectivity index (χ2n) is 3.81. The molecule has 0 amide bonds. The van der Waals surface area contributed by atoms with Crippen LogP contribution >= 0.6 is 11.3 Å². The third-order valence-electron chi connectivity index (χ3n) is 2.30. The van der Waals surface area contributed by atoms with Crippen LogP contribution in [0.25, 0.3) is 0 Å². The van der Waals surface area contributed by atoms with E-state index in [0.29, 0.717) is 0 Å². The number of nitrogens with zero attached hydrogens (tertiary/aromatic N) is 3. The monoisotopic (exact) mass is 328 g/mol. The highest BCUT2D eigenvalue weighted by Crippen LogP contribution is 2.20. The summed E-state index contributed by atoms with van der Waals surface area (Å²) in [6, 6.07) is 2.05. The lowest BCUT2D eigenvalue weighted by Gasteiger charge is -2.03. The Balaban J connectivity index is 2.24. The molecule has 21 heavy (non-hydrogen) atoms. The molecule has 0 unspecified atom stereocenters. The van der Waals surface area contributed by atoms with Crippen molar-refractivity contribution in [1.82, 2.24) is 9.97 Å². The van der Waals surface area contributed by atoms with Crippen molar-refractivity contribution < 1.29 is 18.1 Å². The van der Waals surface area contributed by atoms with Crippen molar-refractivity contribution >= 4 is 38.1 Å². The van der Waals surface area contributed by atoms with E-state index in [-0.39, 0.29) is 21.5 Å². The number of nitro groups is 1. The number of carbonyl (C=O) groups excluding carboxylic acids is 1. The predicted octanol–water partition coefficient (Wildman–Crippen LogP) is 1.45. The number of thiazole rings is 1. The number of sulfonamides is 1. The molecule has 0 saturated heterocycles. The summed E-state index contributed by atoms with van der Waals surface area (Å²) in [6.07, 6.45) is 0.875. The first-order chi connectivity index (χ1) is 9.79. The van der Waals surface area contributed by atoms with Crippen LogP contribution in [-0.2, 0) is 10.0 Å². The summed E-state index contributed by atoms with van der Waals surface area (Å²) in [6.45, 7) is 1.31. The van der Waals surface area contributed by atoms with Crippen LogP contribution in [0, 0.1) is 10.1 Å². The van der Waals surface area contributed by atoms with Gasteiger partial charge in [0.05, 0.1) is 0 Å². The molecule has 11 heteroatoms. The van der Waals surface area contributed by atoms with Gasteiger partial charge < -0.3 is 10.1 Å². The number of pyridine rings is 1. The van der Waals surface area contributed by atoms with Gasteiger partial charge in [0.25, 0.3) is 10.0 Å². The van der Waals surface area contributed by atoms with Crippen molar-refractivity contribution in [1.29, 1.82) is 0 Å². The molecule has 0 aliphatic carbocycles. The molecule has 2 rings (SSSR count). The van der Waals surface area contributed by atoms with Crippen molar-refractivity contribution in [3.8, 4) is 0 Å². The molecule has 0 aliphatic rings. The Kier molecular flexibility index (Phi) is 3.95. The van der Waals surface area contributed by atoms with Gasteiger partial charge in [0.1, 0.15) is 10.6 Å². The van der Waals surface area contributed by atoms with Gasteiger partial charge in [-0.3, -0.25) is 9.52 Å². The molecule has 0 bridgehead atoms. The molecule has 0 fully saturated rings. The highest BCUT2D eigenvalue weighted by Gasteiger charge is 2.20.